The molecule has 7 nitrogen and oxygen atoms in total. The van der Waals surface area contributed by atoms with Crippen LogP contribution in [0.2, 0.25) is 0 Å². The van der Waals surface area contributed by atoms with Crippen LogP contribution in [-0.2, 0) is 17.6 Å². The van der Waals surface area contributed by atoms with Crippen LogP contribution in [0.25, 0.3) is 0 Å². The van der Waals surface area contributed by atoms with Gasteiger partial charge in [0.05, 0.1) is 0 Å². The summed E-state index contributed by atoms with van der Waals surface area (Å²) in [6.45, 7) is 0.312. The van der Waals surface area contributed by atoms with Gasteiger partial charge in [0.25, 0.3) is 0 Å². The second-order valence-corrected chi connectivity index (χ2v) is 5.06. The zero-order chi connectivity index (χ0) is 15.2. The van der Waals surface area contributed by atoms with Crippen LogP contribution >= 0.6 is 0 Å². The fraction of sp³-hybridized carbons (Fsp3) is 0.429. The number of primary amides is 1. The standard InChI is InChI=1S/C14H19N3O4/c15-14(20)17-16-7-9-4-5-11-10(6-9)2-1-3-12(11)21-8-13(18)19/h1-3,9,16H,4-8H2,(H,18,19)(H3,15,17,20). The van der Waals surface area contributed by atoms with E-state index in [1.165, 1.54) is 0 Å². The van der Waals surface area contributed by atoms with Crippen LogP contribution in [0.3, 0.4) is 0 Å². The van der Waals surface area contributed by atoms with Crippen molar-refractivity contribution in [3.8, 4) is 5.75 Å². The molecule has 0 bridgehead atoms. The highest BCUT2D eigenvalue weighted by Gasteiger charge is 2.21. The first kappa shape index (κ1) is 15.1. The van der Waals surface area contributed by atoms with E-state index in [-0.39, 0.29) is 6.61 Å². The summed E-state index contributed by atoms with van der Waals surface area (Å²) in [6, 6.07) is 5.09. The summed E-state index contributed by atoms with van der Waals surface area (Å²) in [5.41, 5.74) is 12.4. The van der Waals surface area contributed by atoms with Crippen LogP contribution < -0.4 is 21.3 Å². The monoisotopic (exact) mass is 293 g/mol. The van der Waals surface area contributed by atoms with Crippen molar-refractivity contribution >= 4 is 12.0 Å². The van der Waals surface area contributed by atoms with Crippen molar-refractivity contribution in [3.63, 3.8) is 0 Å². The predicted octanol–water partition coefficient (Wildman–Crippen LogP) is 0.428. The normalized spacial score (nSPS) is 16.9. The minimum Gasteiger partial charge on any atom is -0.482 e. The second kappa shape index (κ2) is 6.94. The maximum atomic E-state index is 10.6. The number of hydrazine groups is 1. The second-order valence-electron chi connectivity index (χ2n) is 5.06. The van der Waals surface area contributed by atoms with Gasteiger partial charge in [0.2, 0.25) is 0 Å². The molecule has 0 aromatic heterocycles. The molecule has 0 saturated heterocycles. The molecule has 1 aromatic rings. The van der Waals surface area contributed by atoms with Gasteiger partial charge in [-0.25, -0.2) is 15.0 Å². The third-order valence-electron chi connectivity index (χ3n) is 3.49. The Balaban J connectivity index is 1.96. The predicted molar refractivity (Wildman–Crippen MR) is 75.8 cm³/mol. The Morgan fingerprint density at radius 3 is 2.95 bits per heavy atom. The smallest absolute Gasteiger partial charge is 0.341 e. The number of nitrogens with one attached hydrogen (secondary N) is 2. The van der Waals surface area contributed by atoms with Gasteiger partial charge in [-0.05, 0) is 42.4 Å². The van der Waals surface area contributed by atoms with Crippen molar-refractivity contribution in [2.75, 3.05) is 13.2 Å². The van der Waals surface area contributed by atoms with Crippen LogP contribution in [0.5, 0.6) is 5.75 Å². The average Bonchev–Trinajstić information content (AvgIpc) is 2.44. The SMILES string of the molecule is NC(=O)NNCC1CCc2c(cccc2OCC(=O)O)C1. The number of aliphatic carboxylic acids is 1. The third kappa shape index (κ3) is 4.35. The van der Waals surface area contributed by atoms with Crippen molar-refractivity contribution in [1.29, 1.82) is 0 Å². The number of hydrogen-bond acceptors (Lipinski definition) is 4. The fourth-order valence-corrected chi connectivity index (χ4v) is 2.58. The maximum Gasteiger partial charge on any atom is 0.341 e. The number of carbonyl (C=O) groups is 2. The topological polar surface area (TPSA) is 114 Å². The van der Waals surface area contributed by atoms with E-state index < -0.39 is 12.0 Å². The minimum atomic E-state index is -0.983. The summed E-state index contributed by atoms with van der Waals surface area (Å²) in [6.07, 6.45) is 2.62. The van der Waals surface area contributed by atoms with Gasteiger partial charge in [-0.2, -0.15) is 0 Å². The molecule has 1 unspecified atom stereocenters. The molecule has 1 aromatic carbocycles. The van der Waals surface area contributed by atoms with E-state index in [1.807, 2.05) is 12.1 Å². The maximum absolute atomic E-state index is 10.6. The van der Waals surface area contributed by atoms with Crippen molar-refractivity contribution in [1.82, 2.24) is 10.9 Å². The van der Waals surface area contributed by atoms with Crippen LogP contribution in [0.4, 0.5) is 4.79 Å². The molecule has 2 amide bonds. The van der Waals surface area contributed by atoms with Crippen LogP contribution in [0.15, 0.2) is 18.2 Å². The Bertz CT molecular complexity index is 533. The number of benzene rings is 1. The van der Waals surface area contributed by atoms with Gasteiger partial charge in [-0.3, -0.25) is 5.43 Å². The fourth-order valence-electron chi connectivity index (χ4n) is 2.58. The molecule has 0 radical (unpaired) electrons. The Hall–Kier alpha value is -2.28. The summed E-state index contributed by atoms with van der Waals surface area (Å²) >= 11 is 0. The van der Waals surface area contributed by atoms with E-state index in [4.69, 9.17) is 15.6 Å². The molecule has 0 heterocycles. The van der Waals surface area contributed by atoms with E-state index in [9.17, 15) is 9.59 Å². The third-order valence-corrected chi connectivity index (χ3v) is 3.49. The highest BCUT2D eigenvalue weighted by Crippen LogP contribution is 2.31. The Labute approximate surface area is 122 Å². The van der Waals surface area contributed by atoms with Crippen LogP contribution in [-0.4, -0.2) is 30.3 Å². The van der Waals surface area contributed by atoms with Crippen LogP contribution in [0.1, 0.15) is 17.5 Å². The summed E-state index contributed by atoms with van der Waals surface area (Å²) in [4.78, 5) is 21.2. The number of nitrogens with two attached hydrogens (primary N) is 1. The van der Waals surface area contributed by atoms with E-state index >= 15 is 0 Å². The molecule has 2 rings (SSSR count). The summed E-state index contributed by atoms with van der Waals surface area (Å²) in [5, 5.41) is 8.68. The summed E-state index contributed by atoms with van der Waals surface area (Å²) < 4.78 is 5.32. The number of urea groups is 1. The molecular formula is C14H19N3O4. The number of fused-ring (bicyclic) bond motifs is 1. The number of ether oxygens (including phenoxy) is 1. The molecule has 0 fully saturated rings. The molecule has 1 aliphatic carbocycles. The average molecular weight is 293 g/mol. The molecule has 0 spiro atoms. The number of hydrogen-bond donors (Lipinski definition) is 4. The van der Waals surface area contributed by atoms with Gasteiger partial charge in [0, 0.05) is 6.54 Å². The molecule has 1 aliphatic rings. The Kier molecular flexibility index (Phi) is 4.99. The Morgan fingerprint density at radius 1 is 1.43 bits per heavy atom. The van der Waals surface area contributed by atoms with Crippen molar-refractivity contribution in [2.24, 2.45) is 11.7 Å². The van der Waals surface area contributed by atoms with Gasteiger partial charge in [0.1, 0.15) is 5.75 Å². The summed E-state index contributed by atoms with van der Waals surface area (Å²) in [7, 11) is 0. The molecular weight excluding hydrogens is 274 g/mol. The molecule has 5 N–H and O–H groups in total. The Morgan fingerprint density at radius 2 is 2.24 bits per heavy atom. The number of rotatable bonds is 6. The van der Waals surface area contributed by atoms with Crippen molar-refractivity contribution < 1.29 is 19.4 Å². The number of carboxylic acid groups (broad SMARTS) is 1. The quantitative estimate of drug-likeness (QED) is 0.568. The van der Waals surface area contributed by atoms with Gasteiger partial charge >= 0.3 is 12.0 Å². The lowest BCUT2D eigenvalue weighted by atomic mass is 9.83. The summed E-state index contributed by atoms with van der Waals surface area (Å²) in [5.74, 6) is 0.0543. The molecule has 1 atom stereocenters. The molecule has 0 saturated carbocycles. The lowest BCUT2D eigenvalue weighted by molar-refractivity contribution is -0.139. The lowest BCUT2D eigenvalue weighted by Crippen LogP contribution is -2.44. The number of carboxylic acids is 1. The van der Waals surface area contributed by atoms with Crippen LogP contribution in [0, 0.1) is 5.92 Å². The molecule has 21 heavy (non-hydrogen) atoms. The largest absolute Gasteiger partial charge is 0.482 e. The van der Waals surface area contributed by atoms with E-state index in [2.05, 4.69) is 10.9 Å². The van der Waals surface area contributed by atoms with E-state index in [1.54, 1.807) is 6.07 Å². The zero-order valence-electron chi connectivity index (χ0n) is 11.6. The first-order valence-electron chi connectivity index (χ1n) is 6.80. The van der Waals surface area contributed by atoms with E-state index in [0.29, 0.717) is 18.2 Å². The first-order chi connectivity index (χ1) is 10.1. The van der Waals surface area contributed by atoms with Crippen molar-refractivity contribution in [3.05, 3.63) is 29.3 Å². The van der Waals surface area contributed by atoms with E-state index in [0.717, 1.165) is 30.4 Å². The highest BCUT2D eigenvalue weighted by molar-refractivity contribution is 5.70. The van der Waals surface area contributed by atoms with Gasteiger partial charge < -0.3 is 15.6 Å². The molecule has 0 aliphatic heterocycles. The molecule has 114 valence electrons. The molecule has 7 heteroatoms. The van der Waals surface area contributed by atoms with Gasteiger partial charge in [-0.1, -0.05) is 12.1 Å². The van der Waals surface area contributed by atoms with Gasteiger partial charge in [0.15, 0.2) is 6.61 Å². The lowest BCUT2D eigenvalue weighted by Gasteiger charge is -2.26. The number of carbonyl (C=O) groups excluding carboxylic acids is 1. The zero-order valence-corrected chi connectivity index (χ0v) is 11.6. The van der Waals surface area contributed by atoms with Gasteiger partial charge in [-0.15, -0.1) is 0 Å². The van der Waals surface area contributed by atoms with Crippen molar-refractivity contribution in [2.45, 2.75) is 19.3 Å². The minimum absolute atomic E-state index is 0.329. The highest BCUT2D eigenvalue weighted by atomic mass is 16.5. The number of amides is 2. The first-order valence-corrected chi connectivity index (χ1v) is 6.80.